The van der Waals surface area contributed by atoms with E-state index in [1.807, 2.05) is 6.08 Å². The number of rotatable bonds is 2. The maximum absolute atomic E-state index is 10.5. The maximum atomic E-state index is 10.5. The fourth-order valence-corrected chi connectivity index (χ4v) is 4.81. The molecule has 0 aromatic heterocycles. The van der Waals surface area contributed by atoms with Gasteiger partial charge in [-0.2, -0.15) is 0 Å². The highest BCUT2D eigenvalue weighted by Gasteiger charge is 2.65. The molecule has 7 unspecified atom stereocenters. The molecular formula is C13H16O3. The second kappa shape index (κ2) is 2.89. The van der Waals surface area contributed by atoms with Crippen LogP contribution in [-0.2, 0) is 9.53 Å². The van der Waals surface area contributed by atoms with E-state index in [0.717, 1.165) is 23.7 Å². The number of carboxylic acid groups (broad SMARTS) is 1. The van der Waals surface area contributed by atoms with E-state index >= 15 is 0 Å². The van der Waals surface area contributed by atoms with Crippen molar-refractivity contribution >= 4 is 5.97 Å². The van der Waals surface area contributed by atoms with Gasteiger partial charge in [0.15, 0.2) is 0 Å². The van der Waals surface area contributed by atoms with Crippen LogP contribution in [0.15, 0.2) is 12.2 Å². The number of hydrogen-bond donors (Lipinski definition) is 1. The molecule has 0 spiro atoms. The number of fused-ring (bicyclic) bond motifs is 7. The highest BCUT2D eigenvalue weighted by molar-refractivity contribution is 5.79. The Morgan fingerprint density at radius 3 is 2.94 bits per heavy atom. The van der Waals surface area contributed by atoms with Crippen molar-refractivity contribution in [3.63, 3.8) is 0 Å². The molecule has 0 aromatic carbocycles. The van der Waals surface area contributed by atoms with Crippen LogP contribution in [-0.4, -0.2) is 23.3 Å². The Kier molecular flexibility index (Phi) is 1.67. The van der Waals surface area contributed by atoms with E-state index in [1.54, 1.807) is 0 Å². The van der Waals surface area contributed by atoms with Gasteiger partial charge in [-0.1, -0.05) is 6.08 Å². The molecule has 3 saturated carbocycles. The fourth-order valence-electron chi connectivity index (χ4n) is 4.81. The van der Waals surface area contributed by atoms with Crippen molar-refractivity contribution < 1.29 is 14.6 Å². The predicted octanol–water partition coefficient (Wildman–Crippen LogP) is 1.69. The number of aliphatic carboxylic acids is 1. The van der Waals surface area contributed by atoms with Gasteiger partial charge in [-0.25, -0.2) is 4.79 Å². The molecule has 16 heavy (non-hydrogen) atoms. The van der Waals surface area contributed by atoms with E-state index in [-0.39, 0.29) is 0 Å². The molecule has 0 radical (unpaired) electrons. The number of ether oxygens (including phenoxy) is 1. The summed E-state index contributed by atoms with van der Waals surface area (Å²) in [6.45, 7) is 0. The molecule has 7 atom stereocenters. The highest BCUT2D eigenvalue weighted by Crippen LogP contribution is 2.65. The van der Waals surface area contributed by atoms with Crippen molar-refractivity contribution in [1.29, 1.82) is 0 Å². The van der Waals surface area contributed by atoms with Gasteiger partial charge in [-0.05, 0) is 48.9 Å². The van der Waals surface area contributed by atoms with Gasteiger partial charge in [0.05, 0.1) is 12.2 Å². The van der Waals surface area contributed by atoms with Gasteiger partial charge < -0.3 is 9.84 Å². The third-order valence-electron chi connectivity index (χ3n) is 5.28. The Labute approximate surface area is 94.5 Å². The van der Waals surface area contributed by atoms with Crippen molar-refractivity contribution in [2.45, 2.75) is 31.5 Å². The standard InChI is InChI=1S/C13H16O3/c14-11(15)2-1-6-3-7-4-8(6)9-5-10-13(16-10)12(7)9/h1-2,6-10,12-13H,3-5H2,(H,14,15). The molecule has 1 N–H and O–H groups in total. The number of epoxide rings is 1. The van der Waals surface area contributed by atoms with E-state index in [2.05, 4.69) is 0 Å². The Morgan fingerprint density at radius 2 is 2.12 bits per heavy atom. The van der Waals surface area contributed by atoms with Crippen LogP contribution < -0.4 is 0 Å². The molecule has 2 bridgehead atoms. The summed E-state index contributed by atoms with van der Waals surface area (Å²) in [5.74, 6) is 2.95. The van der Waals surface area contributed by atoms with Crippen LogP contribution in [0.1, 0.15) is 19.3 Å². The topological polar surface area (TPSA) is 49.8 Å². The Hall–Kier alpha value is -0.830. The van der Waals surface area contributed by atoms with E-state index < -0.39 is 5.97 Å². The van der Waals surface area contributed by atoms with Gasteiger partial charge in [0.1, 0.15) is 0 Å². The Morgan fingerprint density at radius 1 is 1.25 bits per heavy atom. The SMILES string of the molecule is O=C(O)C=CC1CC2CC1C1CC3OC3C21. The van der Waals surface area contributed by atoms with Crippen molar-refractivity contribution in [3.05, 3.63) is 12.2 Å². The lowest BCUT2D eigenvalue weighted by molar-refractivity contribution is -0.131. The molecule has 4 aliphatic rings. The molecular weight excluding hydrogens is 204 g/mol. The summed E-state index contributed by atoms with van der Waals surface area (Å²) in [5.41, 5.74) is 0. The van der Waals surface area contributed by atoms with Crippen molar-refractivity contribution in [3.8, 4) is 0 Å². The van der Waals surface area contributed by atoms with E-state index in [0.29, 0.717) is 18.1 Å². The molecule has 4 rings (SSSR count). The zero-order chi connectivity index (χ0) is 10.9. The van der Waals surface area contributed by atoms with E-state index in [4.69, 9.17) is 9.84 Å². The van der Waals surface area contributed by atoms with Gasteiger partial charge >= 0.3 is 5.97 Å². The van der Waals surface area contributed by atoms with Gasteiger partial charge in [-0.3, -0.25) is 0 Å². The van der Waals surface area contributed by atoms with Gasteiger partial charge in [0.2, 0.25) is 0 Å². The minimum atomic E-state index is -0.808. The average molecular weight is 220 g/mol. The summed E-state index contributed by atoms with van der Waals surface area (Å²) in [7, 11) is 0. The predicted molar refractivity (Wildman–Crippen MR) is 56.7 cm³/mol. The highest BCUT2D eigenvalue weighted by atomic mass is 16.6. The average Bonchev–Trinajstić information content (AvgIpc) is 2.64. The van der Waals surface area contributed by atoms with Crippen LogP contribution in [0.2, 0.25) is 0 Å². The van der Waals surface area contributed by atoms with E-state index in [9.17, 15) is 4.79 Å². The molecule has 1 aliphatic heterocycles. The van der Waals surface area contributed by atoms with Crippen molar-refractivity contribution in [2.75, 3.05) is 0 Å². The third-order valence-corrected chi connectivity index (χ3v) is 5.28. The maximum Gasteiger partial charge on any atom is 0.327 e. The number of carbonyl (C=O) groups is 1. The summed E-state index contributed by atoms with van der Waals surface area (Å²) in [6, 6.07) is 0. The van der Waals surface area contributed by atoms with Crippen LogP contribution >= 0.6 is 0 Å². The number of hydrogen-bond acceptors (Lipinski definition) is 2. The van der Waals surface area contributed by atoms with Gasteiger partial charge in [0, 0.05) is 6.08 Å². The van der Waals surface area contributed by atoms with Crippen molar-refractivity contribution in [2.24, 2.45) is 29.6 Å². The first-order valence-electron chi connectivity index (χ1n) is 6.30. The molecule has 1 heterocycles. The Balaban J connectivity index is 1.53. The normalized spacial score (nSPS) is 56.6. The smallest absolute Gasteiger partial charge is 0.327 e. The first-order valence-corrected chi connectivity index (χ1v) is 6.30. The van der Waals surface area contributed by atoms with Crippen LogP contribution in [0.25, 0.3) is 0 Å². The van der Waals surface area contributed by atoms with E-state index in [1.165, 1.54) is 25.3 Å². The summed E-state index contributed by atoms with van der Waals surface area (Å²) in [5, 5.41) is 8.67. The molecule has 3 aliphatic carbocycles. The lowest BCUT2D eigenvalue weighted by Gasteiger charge is -2.31. The number of allylic oxidation sites excluding steroid dienone is 1. The zero-order valence-electron chi connectivity index (χ0n) is 9.08. The minimum Gasteiger partial charge on any atom is -0.478 e. The van der Waals surface area contributed by atoms with Crippen LogP contribution in [0.5, 0.6) is 0 Å². The Bertz CT molecular complexity index is 375. The van der Waals surface area contributed by atoms with Crippen LogP contribution in [0.3, 0.4) is 0 Å². The summed E-state index contributed by atoms with van der Waals surface area (Å²) >= 11 is 0. The molecule has 0 aromatic rings. The second-order valence-corrected chi connectivity index (χ2v) is 5.87. The largest absolute Gasteiger partial charge is 0.478 e. The summed E-state index contributed by atoms with van der Waals surface area (Å²) in [4.78, 5) is 10.5. The molecule has 0 amide bonds. The fraction of sp³-hybridized carbons (Fsp3) is 0.769. The first kappa shape index (κ1) is 9.23. The lowest BCUT2D eigenvalue weighted by Crippen LogP contribution is -2.27. The first-order chi connectivity index (χ1) is 7.74. The molecule has 3 heteroatoms. The lowest BCUT2D eigenvalue weighted by atomic mass is 9.75. The van der Waals surface area contributed by atoms with Crippen LogP contribution in [0, 0.1) is 29.6 Å². The van der Waals surface area contributed by atoms with Gasteiger partial charge in [0.25, 0.3) is 0 Å². The monoisotopic (exact) mass is 220 g/mol. The van der Waals surface area contributed by atoms with Crippen LogP contribution in [0.4, 0.5) is 0 Å². The summed E-state index contributed by atoms with van der Waals surface area (Å²) < 4.78 is 5.64. The third kappa shape index (κ3) is 1.10. The molecule has 1 saturated heterocycles. The zero-order valence-corrected chi connectivity index (χ0v) is 9.08. The summed E-state index contributed by atoms with van der Waals surface area (Å²) in [6.07, 6.45) is 8.19. The second-order valence-electron chi connectivity index (χ2n) is 5.87. The molecule has 86 valence electrons. The number of carboxylic acids is 1. The van der Waals surface area contributed by atoms with Gasteiger partial charge in [-0.15, -0.1) is 0 Å². The molecule has 3 nitrogen and oxygen atoms in total. The van der Waals surface area contributed by atoms with Crippen molar-refractivity contribution in [1.82, 2.24) is 0 Å². The quantitative estimate of drug-likeness (QED) is 0.569. The molecule has 4 fully saturated rings. The minimum absolute atomic E-state index is 0.528.